The fraction of sp³-hybridized carbons (Fsp3) is 0.333. The van der Waals surface area contributed by atoms with Gasteiger partial charge in [0.25, 0.3) is 5.56 Å². The summed E-state index contributed by atoms with van der Waals surface area (Å²) in [5.41, 5.74) is 0.467. The first kappa shape index (κ1) is 10.0. The van der Waals surface area contributed by atoms with Crippen LogP contribution in [-0.4, -0.2) is 9.90 Å². The van der Waals surface area contributed by atoms with Crippen LogP contribution in [0, 0.1) is 11.3 Å². The number of aryl methyl sites for hydroxylation is 1. The largest absolute Gasteiger partial charge is 0.314 e. The zero-order valence-corrected chi connectivity index (χ0v) is 8.62. The Labute approximate surface area is 84.7 Å². The number of pyridine rings is 1. The Hall–Kier alpha value is -1.08. The fourth-order valence-corrected chi connectivity index (χ4v) is 1.25. The first-order valence-electron chi connectivity index (χ1n) is 3.94. The van der Waals surface area contributed by atoms with Crippen molar-refractivity contribution in [2.24, 2.45) is 0 Å². The number of halogens is 1. The van der Waals surface area contributed by atoms with E-state index in [-0.39, 0.29) is 5.56 Å². The molecule has 68 valence electrons. The second kappa shape index (κ2) is 4.83. The van der Waals surface area contributed by atoms with Crippen molar-refractivity contribution in [2.75, 3.05) is 5.33 Å². The number of hydrogen-bond donors (Lipinski definition) is 0. The topological polar surface area (TPSA) is 45.8 Å². The highest BCUT2D eigenvalue weighted by atomic mass is 79.9. The van der Waals surface area contributed by atoms with Gasteiger partial charge in [-0.1, -0.05) is 15.9 Å². The number of hydrogen-bond acceptors (Lipinski definition) is 2. The summed E-state index contributed by atoms with van der Waals surface area (Å²) in [7, 11) is 0. The van der Waals surface area contributed by atoms with Crippen molar-refractivity contribution in [3.05, 3.63) is 34.2 Å². The number of aromatic nitrogens is 1. The van der Waals surface area contributed by atoms with Crippen molar-refractivity contribution in [2.45, 2.75) is 13.0 Å². The summed E-state index contributed by atoms with van der Waals surface area (Å²) in [4.78, 5) is 11.2. The van der Waals surface area contributed by atoms with Gasteiger partial charge in [-0.25, -0.2) is 0 Å². The van der Waals surface area contributed by atoms with E-state index in [4.69, 9.17) is 5.26 Å². The van der Waals surface area contributed by atoms with Crippen molar-refractivity contribution in [3.8, 4) is 6.07 Å². The average Bonchev–Trinajstić information content (AvgIpc) is 2.17. The average molecular weight is 241 g/mol. The highest BCUT2D eigenvalue weighted by molar-refractivity contribution is 9.09. The Morgan fingerprint density at radius 1 is 1.54 bits per heavy atom. The summed E-state index contributed by atoms with van der Waals surface area (Å²) in [6, 6.07) is 4.96. The van der Waals surface area contributed by atoms with Gasteiger partial charge in [0.15, 0.2) is 0 Å². The maximum absolute atomic E-state index is 11.2. The van der Waals surface area contributed by atoms with E-state index in [2.05, 4.69) is 15.9 Å². The molecular weight excluding hydrogens is 232 g/mol. The minimum Gasteiger partial charge on any atom is -0.314 e. The molecule has 4 heteroatoms. The predicted molar refractivity (Wildman–Crippen MR) is 53.8 cm³/mol. The third kappa shape index (κ3) is 2.71. The highest BCUT2D eigenvalue weighted by Crippen LogP contribution is 1.95. The fourth-order valence-electron chi connectivity index (χ4n) is 1.00. The molecule has 0 fully saturated rings. The molecule has 0 amide bonds. The number of alkyl halides is 1. The molecule has 0 aliphatic heterocycles. The number of nitrogens with zero attached hydrogens (tertiary/aromatic N) is 2. The molecule has 0 atom stereocenters. The van der Waals surface area contributed by atoms with Crippen LogP contribution in [-0.2, 0) is 6.54 Å². The van der Waals surface area contributed by atoms with Crippen LogP contribution in [0.3, 0.4) is 0 Å². The van der Waals surface area contributed by atoms with Gasteiger partial charge in [-0.3, -0.25) is 4.79 Å². The van der Waals surface area contributed by atoms with Gasteiger partial charge in [-0.2, -0.15) is 5.26 Å². The predicted octanol–water partition coefficient (Wildman–Crippen LogP) is 1.50. The molecule has 0 unspecified atom stereocenters. The van der Waals surface area contributed by atoms with Crippen LogP contribution in [0.1, 0.15) is 12.0 Å². The smallest absolute Gasteiger partial charge is 0.250 e. The van der Waals surface area contributed by atoms with Gasteiger partial charge in [0.1, 0.15) is 6.07 Å². The van der Waals surface area contributed by atoms with Crippen molar-refractivity contribution < 1.29 is 0 Å². The van der Waals surface area contributed by atoms with Crippen molar-refractivity contribution in [3.63, 3.8) is 0 Å². The second-order valence-corrected chi connectivity index (χ2v) is 3.40. The van der Waals surface area contributed by atoms with Gasteiger partial charge < -0.3 is 4.57 Å². The van der Waals surface area contributed by atoms with E-state index in [1.807, 2.05) is 6.07 Å². The minimum absolute atomic E-state index is 0.0556. The lowest BCUT2D eigenvalue weighted by molar-refractivity contribution is 0.659. The molecule has 0 radical (unpaired) electrons. The van der Waals surface area contributed by atoms with Gasteiger partial charge in [0, 0.05) is 24.1 Å². The maximum Gasteiger partial charge on any atom is 0.250 e. The standard InChI is InChI=1S/C9H9BrN2O/c10-4-1-5-12-7-8(6-11)2-3-9(12)13/h2-3,7H,1,4-5H2. The Kier molecular flexibility index (Phi) is 3.71. The van der Waals surface area contributed by atoms with E-state index in [1.54, 1.807) is 10.8 Å². The first-order valence-corrected chi connectivity index (χ1v) is 5.06. The third-order valence-corrected chi connectivity index (χ3v) is 2.21. The molecular formula is C9H9BrN2O. The Bertz CT molecular complexity index is 378. The molecule has 0 saturated carbocycles. The number of nitriles is 1. The van der Waals surface area contributed by atoms with Crippen LogP contribution in [0.25, 0.3) is 0 Å². The highest BCUT2D eigenvalue weighted by Gasteiger charge is 1.96. The lowest BCUT2D eigenvalue weighted by Gasteiger charge is -2.02. The summed E-state index contributed by atoms with van der Waals surface area (Å²) in [6.45, 7) is 0.652. The Morgan fingerprint density at radius 3 is 2.92 bits per heavy atom. The van der Waals surface area contributed by atoms with Gasteiger partial charge in [-0.05, 0) is 12.5 Å². The quantitative estimate of drug-likeness (QED) is 0.753. The van der Waals surface area contributed by atoms with E-state index in [9.17, 15) is 4.79 Å². The van der Waals surface area contributed by atoms with Crippen molar-refractivity contribution in [1.82, 2.24) is 4.57 Å². The van der Waals surface area contributed by atoms with E-state index in [1.165, 1.54) is 12.1 Å². The summed E-state index contributed by atoms with van der Waals surface area (Å²) < 4.78 is 1.56. The molecule has 0 aliphatic rings. The zero-order chi connectivity index (χ0) is 9.68. The van der Waals surface area contributed by atoms with Crippen LogP contribution in [0.4, 0.5) is 0 Å². The summed E-state index contributed by atoms with van der Waals surface area (Å²) in [6.07, 6.45) is 2.47. The lowest BCUT2D eigenvalue weighted by atomic mass is 10.3. The summed E-state index contributed by atoms with van der Waals surface area (Å²) in [5.74, 6) is 0. The lowest BCUT2D eigenvalue weighted by Crippen LogP contribution is -2.18. The van der Waals surface area contributed by atoms with Gasteiger partial charge in [0.05, 0.1) is 5.56 Å². The molecule has 0 aliphatic carbocycles. The maximum atomic E-state index is 11.2. The Morgan fingerprint density at radius 2 is 2.31 bits per heavy atom. The molecule has 0 spiro atoms. The van der Waals surface area contributed by atoms with E-state index in [0.717, 1.165) is 11.8 Å². The van der Waals surface area contributed by atoms with Crippen LogP contribution in [0.15, 0.2) is 23.1 Å². The number of rotatable bonds is 3. The molecule has 0 N–H and O–H groups in total. The molecule has 0 aromatic carbocycles. The molecule has 13 heavy (non-hydrogen) atoms. The van der Waals surface area contributed by atoms with Crippen LogP contribution in [0.5, 0.6) is 0 Å². The van der Waals surface area contributed by atoms with Crippen LogP contribution >= 0.6 is 15.9 Å². The minimum atomic E-state index is -0.0556. The summed E-state index contributed by atoms with van der Waals surface area (Å²) in [5, 5.41) is 9.46. The first-order chi connectivity index (χ1) is 6.27. The van der Waals surface area contributed by atoms with Crippen LogP contribution < -0.4 is 5.56 Å². The van der Waals surface area contributed by atoms with Gasteiger partial charge in [-0.15, -0.1) is 0 Å². The molecule has 1 heterocycles. The van der Waals surface area contributed by atoms with E-state index < -0.39 is 0 Å². The molecule has 0 bridgehead atoms. The monoisotopic (exact) mass is 240 g/mol. The van der Waals surface area contributed by atoms with Crippen molar-refractivity contribution >= 4 is 15.9 Å². The van der Waals surface area contributed by atoms with Crippen LogP contribution in [0.2, 0.25) is 0 Å². The molecule has 1 rings (SSSR count). The van der Waals surface area contributed by atoms with E-state index in [0.29, 0.717) is 12.1 Å². The van der Waals surface area contributed by atoms with Crippen molar-refractivity contribution in [1.29, 1.82) is 5.26 Å². The molecule has 1 aromatic heterocycles. The zero-order valence-electron chi connectivity index (χ0n) is 7.03. The third-order valence-electron chi connectivity index (χ3n) is 1.65. The van der Waals surface area contributed by atoms with Gasteiger partial charge >= 0.3 is 0 Å². The molecule has 0 saturated heterocycles. The second-order valence-electron chi connectivity index (χ2n) is 2.60. The Balaban J connectivity index is 2.92. The normalized spacial score (nSPS) is 9.54. The van der Waals surface area contributed by atoms with E-state index >= 15 is 0 Å². The van der Waals surface area contributed by atoms with Gasteiger partial charge in [0.2, 0.25) is 0 Å². The summed E-state index contributed by atoms with van der Waals surface area (Å²) >= 11 is 3.29. The SMILES string of the molecule is N#Cc1ccc(=O)n(CCCBr)c1. The molecule has 3 nitrogen and oxygen atoms in total. The molecule has 1 aromatic rings.